The van der Waals surface area contributed by atoms with Crippen LogP contribution in [0.15, 0.2) is 77.7 Å². The van der Waals surface area contributed by atoms with E-state index in [1.807, 2.05) is 48.5 Å². The molecule has 0 fully saturated rings. The lowest BCUT2D eigenvalue weighted by Gasteiger charge is -2.20. The van der Waals surface area contributed by atoms with E-state index in [-0.39, 0.29) is 23.0 Å². The number of anilines is 1. The number of rotatable bonds is 8. The lowest BCUT2D eigenvalue weighted by atomic mass is 10.1. The van der Waals surface area contributed by atoms with Crippen LogP contribution < -0.4 is 4.90 Å². The number of halogens is 1. The van der Waals surface area contributed by atoms with Gasteiger partial charge < -0.3 is 0 Å². The van der Waals surface area contributed by atoms with Crippen molar-refractivity contribution in [1.82, 2.24) is 4.98 Å². The summed E-state index contributed by atoms with van der Waals surface area (Å²) in [7, 11) is -3.62. The predicted octanol–water partition coefficient (Wildman–Crippen LogP) is 5.91. The molecule has 4 rings (SSSR count). The van der Waals surface area contributed by atoms with Gasteiger partial charge in [0.2, 0.25) is 5.91 Å². The lowest BCUT2D eigenvalue weighted by molar-refractivity contribution is -0.118. The van der Waals surface area contributed by atoms with Gasteiger partial charge in [0, 0.05) is 11.4 Å². The van der Waals surface area contributed by atoms with Crippen molar-refractivity contribution in [1.29, 1.82) is 0 Å². The van der Waals surface area contributed by atoms with E-state index in [0.717, 1.165) is 27.8 Å². The molecule has 0 unspecified atom stereocenters. The summed E-state index contributed by atoms with van der Waals surface area (Å²) in [4.78, 5) is 19.8. The number of aromatic nitrogens is 1. The number of thiazole rings is 1. The molecule has 170 valence electrons. The normalized spacial score (nSPS) is 11.6. The zero-order chi connectivity index (χ0) is 23.4. The van der Waals surface area contributed by atoms with Gasteiger partial charge >= 0.3 is 0 Å². The summed E-state index contributed by atoms with van der Waals surface area (Å²) in [6.07, 6.45) is 0.695. The van der Waals surface area contributed by atoms with Gasteiger partial charge in [-0.25, -0.2) is 13.4 Å². The van der Waals surface area contributed by atoms with Gasteiger partial charge in [-0.3, -0.25) is 9.69 Å². The van der Waals surface area contributed by atoms with Crippen molar-refractivity contribution < 1.29 is 13.2 Å². The topological polar surface area (TPSA) is 67.3 Å². The van der Waals surface area contributed by atoms with Gasteiger partial charge in [0.05, 0.1) is 27.4 Å². The second-order valence-electron chi connectivity index (χ2n) is 7.60. The van der Waals surface area contributed by atoms with E-state index >= 15 is 0 Å². The Hall–Kier alpha value is -2.74. The molecule has 8 heteroatoms. The summed E-state index contributed by atoms with van der Waals surface area (Å²) < 4.78 is 26.5. The number of sulfone groups is 1. The highest BCUT2D eigenvalue weighted by Crippen LogP contribution is 2.32. The second-order valence-corrected chi connectivity index (χ2v) is 11.2. The number of carbonyl (C=O) groups is 1. The minimum absolute atomic E-state index is 0.144. The van der Waals surface area contributed by atoms with E-state index in [2.05, 4.69) is 6.92 Å². The first-order valence-electron chi connectivity index (χ1n) is 10.6. The van der Waals surface area contributed by atoms with E-state index < -0.39 is 9.84 Å². The molecule has 0 spiro atoms. The zero-order valence-electron chi connectivity index (χ0n) is 18.1. The number of hydrogen-bond acceptors (Lipinski definition) is 5. The van der Waals surface area contributed by atoms with Crippen molar-refractivity contribution in [3.63, 3.8) is 0 Å². The summed E-state index contributed by atoms with van der Waals surface area (Å²) >= 11 is 7.31. The first-order chi connectivity index (χ1) is 15.9. The van der Waals surface area contributed by atoms with Crippen molar-refractivity contribution in [2.24, 2.45) is 0 Å². The third kappa shape index (κ3) is 5.43. The maximum Gasteiger partial charge on any atom is 0.230 e. The second kappa shape index (κ2) is 10.0. The maximum atomic E-state index is 13.3. The van der Waals surface area contributed by atoms with Crippen LogP contribution >= 0.6 is 22.9 Å². The Labute approximate surface area is 202 Å². The highest BCUT2D eigenvalue weighted by molar-refractivity contribution is 7.91. The van der Waals surface area contributed by atoms with Crippen LogP contribution in [0.1, 0.15) is 24.5 Å². The number of hydrogen-bond donors (Lipinski definition) is 0. The first-order valence-corrected chi connectivity index (χ1v) is 13.4. The van der Waals surface area contributed by atoms with Crippen molar-refractivity contribution in [3.8, 4) is 0 Å². The highest BCUT2D eigenvalue weighted by atomic mass is 35.5. The number of benzene rings is 3. The molecule has 0 aliphatic heterocycles. The Morgan fingerprint density at radius 2 is 1.73 bits per heavy atom. The molecule has 1 amide bonds. The fraction of sp³-hybridized carbons (Fsp3) is 0.200. The molecule has 0 saturated carbocycles. The molecular weight excluding hydrogens is 476 g/mol. The van der Waals surface area contributed by atoms with Gasteiger partial charge in [0.15, 0.2) is 15.0 Å². The third-order valence-electron chi connectivity index (χ3n) is 5.35. The minimum Gasteiger partial charge on any atom is -0.284 e. The van der Waals surface area contributed by atoms with Gasteiger partial charge in [-0.15, -0.1) is 0 Å². The Kier molecular flexibility index (Phi) is 7.12. The summed E-state index contributed by atoms with van der Waals surface area (Å²) in [5, 5.41) is 1.03. The molecule has 0 aliphatic rings. The molecule has 33 heavy (non-hydrogen) atoms. The SMILES string of the molecule is CCc1cccc2sc(N(Cc3ccccc3)C(=O)CCS(=O)(=O)c3ccc(Cl)cc3)nc12. The van der Waals surface area contributed by atoms with Crippen molar-refractivity contribution >= 4 is 54.0 Å². The number of para-hydroxylation sites is 1. The Balaban J connectivity index is 1.62. The molecule has 4 aromatic rings. The molecule has 0 aliphatic carbocycles. The standard InChI is InChI=1S/C25H23ClN2O3S2/c1-2-19-9-6-10-22-24(19)27-25(32-22)28(17-18-7-4-3-5-8-18)23(29)15-16-33(30,31)21-13-11-20(26)12-14-21/h3-14H,2,15-17H2,1H3. The van der Waals surface area contributed by atoms with Crippen LogP contribution in [-0.2, 0) is 27.6 Å². The molecule has 1 aromatic heterocycles. The summed E-state index contributed by atoms with van der Waals surface area (Å²) in [5.41, 5.74) is 2.95. The van der Waals surface area contributed by atoms with Crippen LogP contribution in [0.5, 0.6) is 0 Å². The van der Waals surface area contributed by atoms with Crippen LogP contribution in [-0.4, -0.2) is 25.1 Å². The average Bonchev–Trinajstić information content (AvgIpc) is 3.26. The molecular formula is C25H23ClN2O3S2. The maximum absolute atomic E-state index is 13.3. The Morgan fingerprint density at radius 3 is 2.42 bits per heavy atom. The first kappa shape index (κ1) is 23.4. The largest absolute Gasteiger partial charge is 0.284 e. The van der Waals surface area contributed by atoms with Crippen LogP contribution in [0.2, 0.25) is 5.02 Å². The molecule has 1 heterocycles. The number of nitrogens with zero attached hydrogens (tertiary/aromatic N) is 2. The van der Waals surface area contributed by atoms with Crippen LogP contribution in [0.4, 0.5) is 5.13 Å². The monoisotopic (exact) mass is 498 g/mol. The van der Waals surface area contributed by atoms with Crippen LogP contribution in [0, 0.1) is 0 Å². The van der Waals surface area contributed by atoms with Gasteiger partial charge in [0.1, 0.15) is 0 Å². The van der Waals surface area contributed by atoms with E-state index in [0.29, 0.717) is 16.7 Å². The summed E-state index contributed by atoms with van der Waals surface area (Å²) in [5.74, 6) is -0.572. The van der Waals surface area contributed by atoms with E-state index in [1.165, 1.54) is 35.6 Å². The number of carbonyl (C=O) groups excluding carboxylic acids is 1. The Morgan fingerprint density at radius 1 is 1.00 bits per heavy atom. The molecule has 0 bridgehead atoms. The fourth-order valence-electron chi connectivity index (χ4n) is 3.54. The quantitative estimate of drug-likeness (QED) is 0.303. The fourth-order valence-corrected chi connectivity index (χ4v) is 5.93. The van der Waals surface area contributed by atoms with Gasteiger partial charge in [0.25, 0.3) is 0 Å². The average molecular weight is 499 g/mol. The molecule has 5 nitrogen and oxygen atoms in total. The summed E-state index contributed by atoms with van der Waals surface area (Å²) in [6.45, 7) is 2.39. The van der Waals surface area contributed by atoms with Crippen molar-refractivity contribution in [2.45, 2.75) is 31.2 Å². The van der Waals surface area contributed by atoms with E-state index in [1.54, 1.807) is 4.90 Å². The molecule has 0 radical (unpaired) electrons. The number of amides is 1. The smallest absolute Gasteiger partial charge is 0.230 e. The molecule has 0 atom stereocenters. The molecule has 0 N–H and O–H groups in total. The molecule has 3 aromatic carbocycles. The molecule has 0 saturated heterocycles. The van der Waals surface area contributed by atoms with Gasteiger partial charge in [-0.05, 0) is 47.9 Å². The van der Waals surface area contributed by atoms with Crippen molar-refractivity contribution in [2.75, 3.05) is 10.7 Å². The zero-order valence-corrected chi connectivity index (χ0v) is 20.5. The number of fused-ring (bicyclic) bond motifs is 1. The lowest BCUT2D eigenvalue weighted by Crippen LogP contribution is -2.31. The van der Waals surface area contributed by atoms with Crippen LogP contribution in [0.3, 0.4) is 0 Å². The van der Waals surface area contributed by atoms with Gasteiger partial charge in [-0.1, -0.05) is 72.3 Å². The highest BCUT2D eigenvalue weighted by Gasteiger charge is 2.24. The summed E-state index contributed by atoms with van der Waals surface area (Å²) in [6, 6.07) is 21.6. The van der Waals surface area contributed by atoms with Gasteiger partial charge in [-0.2, -0.15) is 0 Å². The van der Waals surface area contributed by atoms with Crippen LogP contribution in [0.25, 0.3) is 10.2 Å². The minimum atomic E-state index is -3.62. The van der Waals surface area contributed by atoms with E-state index in [4.69, 9.17) is 16.6 Å². The number of aryl methyl sites for hydroxylation is 1. The van der Waals surface area contributed by atoms with Crippen molar-refractivity contribution in [3.05, 3.63) is 88.9 Å². The predicted molar refractivity (Wildman–Crippen MR) is 135 cm³/mol. The van der Waals surface area contributed by atoms with E-state index in [9.17, 15) is 13.2 Å². The Bertz CT molecular complexity index is 1370. The third-order valence-corrected chi connectivity index (χ3v) is 8.37.